The van der Waals surface area contributed by atoms with Crippen LogP contribution in [0.25, 0.3) is 0 Å². The van der Waals surface area contributed by atoms with Gasteiger partial charge in [0.2, 0.25) is 0 Å². The van der Waals surface area contributed by atoms with Crippen molar-refractivity contribution in [2.45, 2.75) is 19.8 Å². The fraction of sp³-hybridized carbons (Fsp3) is 0.231. The normalized spacial score (nSPS) is 9.79. The molecule has 0 radical (unpaired) electrons. The lowest BCUT2D eigenvalue weighted by Crippen LogP contribution is -1.68. The SMILES string of the molecule is CCC/C=C/SC#Cc1ccccc1. The molecular weight excluding hydrogens is 188 g/mol. The van der Waals surface area contributed by atoms with Gasteiger partial charge >= 0.3 is 0 Å². The summed E-state index contributed by atoms with van der Waals surface area (Å²) in [5.41, 5.74) is 1.07. The topological polar surface area (TPSA) is 0 Å². The Hall–Kier alpha value is -1.13. The van der Waals surface area contributed by atoms with E-state index in [9.17, 15) is 0 Å². The number of hydrogen-bond acceptors (Lipinski definition) is 1. The van der Waals surface area contributed by atoms with Crippen molar-refractivity contribution in [2.75, 3.05) is 0 Å². The van der Waals surface area contributed by atoms with Crippen molar-refractivity contribution in [3.05, 3.63) is 47.4 Å². The molecule has 0 saturated heterocycles. The average Bonchev–Trinajstić information content (AvgIpc) is 2.25. The van der Waals surface area contributed by atoms with Crippen molar-refractivity contribution in [3.8, 4) is 11.2 Å². The zero-order chi connectivity index (χ0) is 10.1. The molecule has 0 aliphatic heterocycles. The predicted molar refractivity (Wildman–Crippen MR) is 65.0 cm³/mol. The van der Waals surface area contributed by atoms with Crippen LogP contribution in [0, 0.1) is 11.2 Å². The minimum atomic E-state index is 1.07. The lowest BCUT2D eigenvalue weighted by atomic mass is 10.2. The summed E-state index contributed by atoms with van der Waals surface area (Å²) in [7, 11) is 0. The number of hydrogen-bond donors (Lipinski definition) is 0. The van der Waals surface area contributed by atoms with Crippen molar-refractivity contribution in [2.24, 2.45) is 0 Å². The Labute approximate surface area is 90.4 Å². The molecule has 0 fully saturated rings. The summed E-state index contributed by atoms with van der Waals surface area (Å²) in [6, 6.07) is 10.0. The molecule has 0 bridgehead atoms. The molecule has 1 rings (SSSR count). The monoisotopic (exact) mass is 202 g/mol. The van der Waals surface area contributed by atoms with Gasteiger partial charge in [0.15, 0.2) is 0 Å². The molecule has 0 aromatic heterocycles. The largest absolute Gasteiger partial charge is 0.0772 e. The van der Waals surface area contributed by atoms with Crippen LogP contribution in [-0.2, 0) is 0 Å². The second kappa shape index (κ2) is 7.29. The highest BCUT2D eigenvalue weighted by Gasteiger charge is 1.80. The summed E-state index contributed by atoms with van der Waals surface area (Å²) in [4.78, 5) is 0. The third-order valence-electron chi connectivity index (χ3n) is 1.65. The van der Waals surface area contributed by atoms with Crippen LogP contribution in [0.15, 0.2) is 41.8 Å². The van der Waals surface area contributed by atoms with E-state index in [0.717, 1.165) is 12.0 Å². The van der Waals surface area contributed by atoms with Gasteiger partial charge in [-0.2, -0.15) is 0 Å². The maximum Gasteiger partial charge on any atom is 0.0254 e. The number of rotatable bonds is 3. The lowest BCUT2D eigenvalue weighted by molar-refractivity contribution is 0.960. The van der Waals surface area contributed by atoms with Gasteiger partial charge in [0.25, 0.3) is 0 Å². The average molecular weight is 202 g/mol. The summed E-state index contributed by atoms with van der Waals surface area (Å²) < 4.78 is 0. The van der Waals surface area contributed by atoms with E-state index in [2.05, 4.69) is 29.6 Å². The first-order valence-corrected chi connectivity index (χ1v) is 5.68. The zero-order valence-electron chi connectivity index (χ0n) is 8.36. The molecule has 0 aliphatic carbocycles. The quantitative estimate of drug-likeness (QED) is 0.666. The van der Waals surface area contributed by atoms with Crippen LogP contribution >= 0.6 is 11.8 Å². The van der Waals surface area contributed by atoms with Crippen molar-refractivity contribution in [1.29, 1.82) is 0 Å². The van der Waals surface area contributed by atoms with E-state index in [0.29, 0.717) is 0 Å². The minimum Gasteiger partial charge on any atom is -0.0772 e. The van der Waals surface area contributed by atoms with Crippen molar-refractivity contribution < 1.29 is 0 Å². The fourth-order valence-corrected chi connectivity index (χ4v) is 1.40. The van der Waals surface area contributed by atoms with E-state index < -0.39 is 0 Å². The molecule has 1 heteroatoms. The van der Waals surface area contributed by atoms with Gasteiger partial charge < -0.3 is 0 Å². The van der Waals surface area contributed by atoms with Crippen LogP contribution < -0.4 is 0 Å². The maximum absolute atomic E-state index is 3.08. The zero-order valence-corrected chi connectivity index (χ0v) is 9.18. The molecule has 0 unspecified atom stereocenters. The lowest BCUT2D eigenvalue weighted by Gasteiger charge is -1.85. The Balaban J connectivity index is 2.34. The van der Waals surface area contributed by atoms with Gasteiger partial charge in [0.1, 0.15) is 0 Å². The molecule has 0 amide bonds. The molecule has 0 aliphatic rings. The van der Waals surface area contributed by atoms with Gasteiger partial charge in [-0.15, -0.1) is 0 Å². The van der Waals surface area contributed by atoms with E-state index in [-0.39, 0.29) is 0 Å². The van der Waals surface area contributed by atoms with Gasteiger partial charge in [-0.25, -0.2) is 0 Å². The highest BCUT2D eigenvalue weighted by Crippen LogP contribution is 2.02. The van der Waals surface area contributed by atoms with E-state index in [1.807, 2.05) is 30.3 Å². The van der Waals surface area contributed by atoms with Gasteiger partial charge in [-0.1, -0.05) is 43.5 Å². The first-order chi connectivity index (χ1) is 6.93. The van der Waals surface area contributed by atoms with Crippen molar-refractivity contribution >= 4 is 11.8 Å². The molecule has 0 heterocycles. The van der Waals surface area contributed by atoms with E-state index in [1.165, 1.54) is 6.42 Å². The highest BCUT2D eigenvalue weighted by molar-refractivity contribution is 8.06. The third-order valence-corrected chi connectivity index (χ3v) is 2.20. The first-order valence-electron chi connectivity index (χ1n) is 4.80. The first kappa shape index (κ1) is 10.9. The van der Waals surface area contributed by atoms with Gasteiger partial charge in [0.05, 0.1) is 0 Å². The van der Waals surface area contributed by atoms with Crippen molar-refractivity contribution in [3.63, 3.8) is 0 Å². The minimum absolute atomic E-state index is 1.07. The summed E-state index contributed by atoms with van der Waals surface area (Å²) in [5, 5.41) is 5.10. The molecule has 0 N–H and O–H groups in total. The van der Waals surface area contributed by atoms with E-state index in [1.54, 1.807) is 11.8 Å². The van der Waals surface area contributed by atoms with Gasteiger partial charge in [-0.3, -0.25) is 0 Å². The van der Waals surface area contributed by atoms with Crippen LogP contribution in [0.4, 0.5) is 0 Å². The fourth-order valence-electron chi connectivity index (χ4n) is 0.927. The van der Waals surface area contributed by atoms with Crippen molar-refractivity contribution in [1.82, 2.24) is 0 Å². The third kappa shape index (κ3) is 4.79. The summed E-state index contributed by atoms with van der Waals surface area (Å²) in [6.45, 7) is 2.17. The predicted octanol–water partition coefficient (Wildman–Crippen LogP) is 4.04. The van der Waals surface area contributed by atoms with Crippen LogP contribution in [0.5, 0.6) is 0 Å². The highest BCUT2D eigenvalue weighted by atomic mass is 32.2. The second-order valence-electron chi connectivity index (χ2n) is 2.87. The molecular formula is C13H14S. The smallest absolute Gasteiger partial charge is 0.0254 e. The molecule has 0 spiro atoms. The molecule has 0 nitrogen and oxygen atoms in total. The number of thioether (sulfide) groups is 1. The Kier molecular flexibility index (Phi) is 5.70. The molecule has 72 valence electrons. The summed E-state index contributed by atoms with van der Waals surface area (Å²) in [5.74, 6) is 3.08. The molecule has 0 saturated carbocycles. The molecule has 1 aromatic carbocycles. The standard InChI is InChI=1S/C13H14S/c1-2-3-7-11-14-12-10-13-8-5-4-6-9-13/h4-9,11H,2-3H2,1H3/b11-7+. The van der Waals surface area contributed by atoms with Crippen LogP contribution in [0.2, 0.25) is 0 Å². The Bertz CT molecular complexity index is 327. The Morgan fingerprint density at radius 1 is 1.29 bits per heavy atom. The van der Waals surface area contributed by atoms with Crippen LogP contribution in [0.3, 0.4) is 0 Å². The van der Waals surface area contributed by atoms with E-state index in [4.69, 9.17) is 0 Å². The molecule has 1 aromatic rings. The Morgan fingerprint density at radius 3 is 2.79 bits per heavy atom. The molecule has 14 heavy (non-hydrogen) atoms. The molecule has 0 atom stereocenters. The number of benzene rings is 1. The maximum atomic E-state index is 3.08. The second-order valence-corrected chi connectivity index (χ2v) is 3.58. The summed E-state index contributed by atoms with van der Waals surface area (Å²) >= 11 is 1.55. The number of unbranched alkanes of at least 4 members (excludes halogenated alkanes) is 1. The van der Waals surface area contributed by atoms with E-state index >= 15 is 0 Å². The number of allylic oxidation sites excluding steroid dienone is 1. The Morgan fingerprint density at radius 2 is 2.07 bits per heavy atom. The van der Waals surface area contributed by atoms with Crippen LogP contribution in [0.1, 0.15) is 25.3 Å². The van der Waals surface area contributed by atoms with Gasteiger partial charge in [-0.05, 0) is 41.0 Å². The van der Waals surface area contributed by atoms with Gasteiger partial charge in [0, 0.05) is 5.56 Å². The summed E-state index contributed by atoms with van der Waals surface area (Å²) in [6.07, 6.45) is 4.49. The van der Waals surface area contributed by atoms with Crippen LogP contribution in [-0.4, -0.2) is 0 Å².